The summed E-state index contributed by atoms with van der Waals surface area (Å²) in [7, 11) is 1.72. The first-order chi connectivity index (χ1) is 10.0. The van der Waals surface area contributed by atoms with Crippen molar-refractivity contribution < 1.29 is 14.7 Å². The van der Waals surface area contributed by atoms with E-state index in [0.29, 0.717) is 23.4 Å². The van der Waals surface area contributed by atoms with Crippen LogP contribution in [-0.4, -0.2) is 42.8 Å². The van der Waals surface area contributed by atoms with E-state index in [1.807, 2.05) is 6.92 Å². The molecule has 0 saturated heterocycles. The van der Waals surface area contributed by atoms with Gasteiger partial charge in [0.05, 0.1) is 17.6 Å². The van der Waals surface area contributed by atoms with Gasteiger partial charge in [-0.05, 0) is 6.42 Å². The van der Waals surface area contributed by atoms with Crippen molar-refractivity contribution in [3.63, 3.8) is 0 Å². The van der Waals surface area contributed by atoms with E-state index in [1.165, 1.54) is 12.5 Å². The number of rotatable bonds is 6. The molecule has 1 atom stereocenters. The third-order valence-electron chi connectivity index (χ3n) is 3.07. The highest BCUT2D eigenvalue weighted by Gasteiger charge is 2.23. The minimum Gasteiger partial charge on any atom is -0.480 e. The van der Waals surface area contributed by atoms with Gasteiger partial charge >= 0.3 is 5.97 Å². The Bertz CT molecular complexity index is 632. The van der Waals surface area contributed by atoms with Crippen molar-refractivity contribution >= 4 is 11.9 Å². The van der Waals surface area contributed by atoms with Crippen LogP contribution in [0.5, 0.6) is 0 Å². The average molecular weight is 291 g/mol. The molecule has 3 N–H and O–H groups in total. The second kappa shape index (κ2) is 6.21. The number of hydrogen-bond donors (Lipinski definition) is 3. The van der Waals surface area contributed by atoms with E-state index in [-0.39, 0.29) is 6.42 Å². The fourth-order valence-corrected chi connectivity index (χ4v) is 2.04. The molecule has 0 aliphatic carbocycles. The number of carboxylic acid groups (broad SMARTS) is 1. The van der Waals surface area contributed by atoms with Gasteiger partial charge in [-0.25, -0.2) is 9.78 Å². The van der Waals surface area contributed by atoms with Gasteiger partial charge in [0.2, 0.25) is 0 Å². The van der Waals surface area contributed by atoms with Crippen molar-refractivity contribution in [2.45, 2.75) is 25.8 Å². The molecule has 0 unspecified atom stereocenters. The molecule has 1 amide bonds. The number of carbonyl (C=O) groups excluding carboxylic acids is 1. The molecule has 0 spiro atoms. The molecular formula is C13H17N5O3. The Labute approximate surface area is 121 Å². The molecule has 0 bridgehead atoms. The van der Waals surface area contributed by atoms with Gasteiger partial charge in [0.25, 0.3) is 5.91 Å². The number of aromatic nitrogens is 4. The number of H-pyrrole nitrogens is 1. The van der Waals surface area contributed by atoms with E-state index >= 15 is 0 Å². The van der Waals surface area contributed by atoms with Crippen LogP contribution in [0, 0.1) is 0 Å². The Morgan fingerprint density at radius 1 is 1.52 bits per heavy atom. The highest BCUT2D eigenvalue weighted by molar-refractivity contribution is 5.97. The minimum atomic E-state index is -1.10. The second-order valence-corrected chi connectivity index (χ2v) is 4.66. The summed E-state index contributed by atoms with van der Waals surface area (Å²) in [6.07, 6.45) is 5.32. The molecule has 0 fully saturated rings. The maximum absolute atomic E-state index is 12.2. The van der Waals surface area contributed by atoms with Crippen LogP contribution in [0.25, 0.3) is 0 Å². The molecule has 0 saturated carbocycles. The lowest BCUT2D eigenvalue weighted by Crippen LogP contribution is -2.42. The lowest BCUT2D eigenvalue weighted by atomic mass is 10.1. The van der Waals surface area contributed by atoms with Gasteiger partial charge in [-0.2, -0.15) is 5.10 Å². The van der Waals surface area contributed by atoms with Crippen LogP contribution in [-0.2, 0) is 24.7 Å². The van der Waals surface area contributed by atoms with Crippen LogP contribution >= 0.6 is 0 Å². The number of nitrogens with one attached hydrogen (secondary N) is 2. The molecule has 8 heteroatoms. The van der Waals surface area contributed by atoms with Crippen LogP contribution in [0.15, 0.2) is 18.7 Å². The first-order valence-corrected chi connectivity index (χ1v) is 6.54. The van der Waals surface area contributed by atoms with Gasteiger partial charge in [0, 0.05) is 31.6 Å². The smallest absolute Gasteiger partial charge is 0.326 e. The molecule has 2 aromatic heterocycles. The monoisotopic (exact) mass is 291 g/mol. The number of nitrogens with zero attached hydrogens (tertiary/aromatic N) is 3. The molecule has 112 valence electrons. The summed E-state index contributed by atoms with van der Waals surface area (Å²) < 4.78 is 1.54. The third-order valence-corrected chi connectivity index (χ3v) is 3.07. The number of imidazole rings is 1. The fraction of sp³-hybridized carbons (Fsp3) is 0.385. The van der Waals surface area contributed by atoms with Gasteiger partial charge in [-0.3, -0.25) is 9.48 Å². The highest BCUT2D eigenvalue weighted by atomic mass is 16.4. The zero-order valence-corrected chi connectivity index (χ0v) is 11.8. The lowest BCUT2D eigenvalue weighted by Gasteiger charge is -2.13. The molecule has 2 heterocycles. The number of hydrogen-bond acceptors (Lipinski definition) is 4. The number of aliphatic carboxylic acids is 1. The number of amides is 1. The normalized spacial score (nSPS) is 12.1. The van der Waals surface area contributed by atoms with E-state index in [1.54, 1.807) is 17.9 Å². The summed E-state index contributed by atoms with van der Waals surface area (Å²) in [5.74, 6) is -1.54. The lowest BCUT2D eigenvalue weighted by molar-refractivity contribution is -0.139. The number of carboxylic acids is 1. The Morgan fingerprint density at radius 2 is 2.29 bits per heavy atom. The Morgan fingerprint density at radius 3 is 2.86 bits per heavy atom. The quantitative estimate of drug-likeness (QED) is 0.700. The maximum Gasteiger partial charge on any atom is 0.326 e. The van der Waals surface area contributed by atoms with Crippen LogP contribution in [0.4, 0.5) is 0 Å². The van der Waals surface area contributed by atoms with E-state index in [4.69, 9.17) is 0 Å². The van der Waals surface area contributed by atoms with Gasteiger partial charge < -0.3 is 15.4 Å². The van der Waals surface area contributed by atoms with Gasteiger partial charge in [-0.1, -0.05) is 6.92 Å². The number of aryl methyl sites for hydroxylation is 2. The standard InChI is InChI=1S/C13H17N5O3/c1-3-10-9(6-18(2)17-10)12(19)16-11(13(20)21)4-8-5-14-7-15-8/h5-7,11H,3-4H2,1-2H3,(H,14,15)(H,16,19)(H,20,21)/t11-/m0/s1. The van der Waals surface area contributed by atoms with E-state index < -0.39 is 17.9 Å². The minimum absolute atomic E-state index is 0.142. The number of carbonyl (C=O) groups is 2. The van der Waals surface area contributed by atoms with E-state index in [2.05, 4.69) is 20.4 Å². The van der Waals surface area contributed by atoms with Gasteiger partial charge in [0.15, 0.2) is 0 Å². The van der Waals surface area contributed by atoms with Crippen molar-refractivity contribution in [3.05, 3.63) is 35.7 Å². The largest absolute Gasteiger partial charge is 0.480 e. The van der Waals surface area contributed by atoms with E-state index in [0.717, 1.165) is 0 Å². The Kier molecular flexibility index (Phi) is 4.36. The summed E-state index contributed by atoms with van der Waals surface area (Å²) in [5, 5.41) is 15.9. The molecule has 2 rings (SSSR count). The van der Waals surface area contributed by atoms with Crippen molar-refractivity contribution in [3.8, 4) is 0 Å². The van der Waals surface area contributed by atoms with Crippen molar-refractivity contribution in [2.75, 3.05) is 0 Å². The molecule has 0 aromatic carbocycles. The first kappa shape index (κ1) is 14.8. The molecular weight excluding hydrogens is 274 g/mol. The molecule has 0 aliphatic rings. The fourth-order valence-electron chi connectivity index (χ4n) is 2.04. The van der Waals surface area contributed by atoms with Crippen LogP contribution in [0.3, 0.4) is 0 Å². The third kappa shape index (κ3) is 3.47. The van der Waals surface area contributed by atoms with Gasteiger partial charge in [0.1, 0.15) is 6.04 Å². The Hall–Kier alpha value is -2.64. The SMILES string of the molecule is CCc1nn(C)cc1C(=O)N[C@@H](Cc1cnc[nH]1)C(=O)O. The first-order valence-electron chi connectivity index (χ1n) is 6.54. The summed E-state index contributed by atoms with van der Waals surface area (Å²) in [6.45, 7) is 1.89. The molecule has 21 heavy (non-hydrogen) atoms. The Balaban J connectivity index is 2.12. The summed E-state index contributed by atoms with van der Waals surface area (Å²) in [6, 6.07) is -1.03. The zero-order valence-electron chi connectivity index (χ0n) is 11.8. The predicted octanol–water partition coefficient (Wildman–Crippen LogP) is 0.131. The zero-order chi connectivity index (χ0) is 15.4. The van der Waals surface area contributed by atoms with Crippen LogP contribution < -0.4 is 5.32 Å². The van der Waals surface area contributed by atoms with E-state index in [9.17, 15) is 14.7 Å². The molecule has 0 radical (unpaired) electrons. The predicted molar refractivity (Wildman–Crippen MR) is 73.8 cm³/mol. The summed E-state index contributed by atoms with van der Waals surface area (Å²) in [5.41, 5.74) is 1.68. The second-order valence-electron chi connectivity index (χ2n) is 4.66. The van der Waals surface area contributed by atoms with Crippen LogP contribution in [0.2, 0.25) is 0 Å². The summed E-state index contributed by atoms with van der Waals surface area (Å²) in [4.78, 5) is 30.2. The molecule has 0 aliphatic heterocycles. The van der Waals surface area contributed by atoms with Crippen molar-refractivity contribution in [2.24, 2.45) is 7.05 Å². The van der Waals surface area contributed by atoms with Crippen LogP contribution in [0.1, 0.15) is 28.7 Å². The average Bonchev–Trinajstić information content (AvgIpc) is 3.06. The summed E-state index contributed by atoms with van der Waals surface area (Å²) >= 11 is 0. The van der Waals surface area contributed by atoms with Crippen molar-refractivity contribution in [1.82, 2.24) is 25.1 Å². The highest BCUT2D eigenvalue weighted by Crippen LogP contribution is 2.08. The topological polar surface area (TPSA) is 113 Å². The van der Waals surface area contributed by atoms with Crippen molar-refractivity contribution in [1.29, 1.82) is 0 Å². The molecule has 8 nitrogen and oxygen atoms in total. The van der Waals surface area contributed by atoms with Gasteiger partial charge in [-0.15, -0.1) is 0 Å². The maximum atomic E-state index is 12.2. The number of aromatic amines is 1. The molecule has 2 aromatic rings.